The molecule has 3 N–H and O–H groups in total. The molecule has 0 amide bonds. The van der Waals surface area contributed by atoms with Crippen molar-refractivity contribution in [1.82, 2.24) is 0 Å². The van der Waals surface area contributed by atoms with E-state index in [-0.39, 0.29) is 18.4 Å². The Labute approximate surface area is 127 Å². The molecule has 20 heavy (non-hydrogen) atoms. The Morgan fingerprint density at radius 1 is 1.40 bits per heavy atom. The van der Waals surface area contributed by atoms with Crippen LogP contribution in [0, 0.1) is 5.92 Å². The number of rotatable bonds is 7. The standard InChI is InChI=1S/C14H20BrNO4/c1-8(7-12(17)18)6-10(16)9-4-5-11(19-2)13(15)14(9)20-3/h4-5,8,10H,6-7,16H2,1-3H3,(H,17,18). The number of nitrogens with two attached hydrogens (primary N) is 1. The Balaban J connectivity index is 2.95. The lowest BCUT2D eigenvalue weighted by atomic mass is 9.94. The van der Waals surface area contributed by atoms with E-state index >= 15 is 0 Å². The molecule has 112 valence electrons. The molecule has 0 aliphatic carbocycles. The molecule has 6 heteroatoms. The van der Waals surface area contributed by atoms with Gasteiger partial charge in [-0.25, -0.2) is 0 Å². The highest BCUT2D eigenvalue weighted by molar-refractivity contribution is 9.10. The number of carboxylic acid groups (broad SMARTS) is 1. The second kappa shape index (κ2) is 7.50. The second-order valence-corrected chi connectivity index (χ2v) is 5.54. The molecule has 0 aliphatic rings. The SMILES string of the molecule is COc1ccc(C(N)CC(C)CC(=O)O)c(OC)c1Br. The van der Waals surface area contributed by atoms with Crippen molar-refractivity contribution in [2.24, 2.45) is 11.7 Å². The Kier molecular flexibility index (Phi) is 6.29. The van der Waals surface area contributed by atoms with Gasteiger partial charge in [-0.05, 0) is 40.4 Å². The van der Waals surface area contributed by atoms with Gasteiger partial charge in [0.2, 0.25) is 0 Å². The Hall–Kier alpha value is -1.27. The molecule has 1 aromatic rings. The van der Waals surface area contributed by atoms with E-state index < -0.39 is 5.97 Å². The molecular weight excluding hydrogens is 326 g/mol. The molecule has 1 rings (SSSR count). The third kappa shape index (κ3) is 4.11. The highest BCUT2D eigenvalue weighted by Gasteiger charge is 2.20. The van der Waals surface area contributed by atoms with Crippen LogP contribution in [0.25, 0.3) is 0 Å². The number of benzene rings is 1. The van der Waals surface area contributed by atoms with Gasteiger partial charge in [-0.3, -0.25) is 4.79 Å². The van der Waals surface area contributed by atoms with E-state index in [1.54, 1.807) is 14.2 Å². The summed E-state index contributed by atoms with van der Waals surface area (Å²) in [6.07, 6.45) is 0.675. The van der Waals surface area contributed by atoms with E-state index in [4.69, 9.17) is 20.3 Å². The maximum atomic E-state index is 10.7. The number of carbonyl (C=O) groups is 1. The molecule has 0 fully saturated rings. The topological polar surface area (TPSA) is 81.8 Å². The van der Waals surface area contributed by atoms with Crippen LogP contribution < -0.4 is 15.2 Å². The number of aliphatic carboxylic acids is 1. The predicted octanol–water partition coefficient (Wildman–Crippen LogP) is 2.97. The van der Waals surface area contributed by atoms with E-state index in [0.717, 1.165) is 5.56 Å². The van der Waals surface area contributed by atoms with Gasteiger partial charge in [0.25, 0.3) is 0 Å². The fourth-order valence-corrected chi connectivity index (χ4v) is 2.84. The molecular formula is C14H20BrNO4. The third-order valence-corrected chi connectivity index (χ3v) is 3.85. The average molecular weight is 346 g/mol. The Bertz CT molecular complexity index is 478. The Morgan fingerprint density at radius 3 is 2.55 bits per heavy atom. The summed E-state index contributed by atoms with van der Waals surface area (Å²) in [4.78, 5) is 10.7. The van der Waals surface area contributed by atoms with Crippen LogP contribution >= 0.6 is 15.9 Å². The van der Waals surface area contributed by atoms with Gasteiger partial charge < -0.3 is 20.3 Å². The lowest BCUT2D eigenvalue weighted by Crippen LogP contribution is -2.17. The first-order chi connectivity index (χ1) is 9.40. The summed E-state index contributed by atoms with van der Waals surface area (Å²) in [6.45, 7) is 1.87. The smallest absolute Gasteiger partial charge is 0.303 e. The lowest BCUT2D eigenvalue weighted by molar-refractivity contribution is -0.138. The van der Waals surface area contributed by atoms with Crippen LogP contribution in [0.15, 0.2) is 16.6 Å². The first-order valence-corrected chi connectivity index (χ1v) is 7.07. The minimum Gasteiger partial charge on any atom is -0.495 e. The van der Waals surface area contributed by atoms with Gasteiger partial charge in [0, 0.05) is 18.0 Å². The van der Waals surface area contributed by atoms with E-state index in [1.807, 2.05) is 19.1 Å². The maximum Gasteiger partial charge on any atom is 0.303 e. The number of halogens is 1. The zero-order valence-electron chi connectivity index (χ0n) is 11.9. The molecule has 0 saturated heterocycles. The number of hydrogen-bond acceptors (Lipinski definition) is 4. The molecule has 5 nitrogen and oxygen atoms in total. The third-order valence-electron chi connectivity index (χ3n) is 3.10. The molecule has 2 atom stereocenters. The molecule has 0 aliphatic heterocycles. The van der Waals surface area contributed by atoms with Crippen molar-refractivity contribution in [3.63, 3.8) is 0 Å². The number of methoxy groups -OCH3 is 2. The molecule has 0 bridgehead atoms. The summed E-state index contributed by atoms with van der Waals surface area (Å²) in [5.74, 6) is 0.469. The quantitative estimate of drug-likeness (QED) is 0.793. The highest BCUT2D eigenvalue weighted by Crippen LogP contribution is 2.40. The molecule has 0 saturated carbocycles. The van der Waals surface area contributed by atoms with E-state index in [9.17, 15) is 4.79 Å². The molecule has 1 aromatic carbocycles. The molecule has 0 aromatic heterocycles. The normalized spacial score (nSPS) is 13.7. The van der Waals surface area contributed by atoms with Gasteiger partial charge in [0.1, 0.15) is 16.0 Å². The van der Waals surface area contributed by atoms with Gasteiger partial charge in [-0.2, -0.15) is 0 Å². The fraction of sp³-hybridized carbons (Fsp3) is 0.500. The van der Waals surface area contributed by atoms with Crippen LogP contribution in [0.1, 0.15) is 31.4 Å². The summed E-state index contributed by atoms with van der Waals surface area (Å²) < 4.78 is 11.3. The van der Waals surface area contributed by atoms with Crippen molar-refractivity contribution < 1.29 is 19.4 Å². The first kappa shape index (κ1) is 16.8. The van der Waals surface area contributed by atoms with Crippen LogP contribution in [-0.2, 0) is 4.79 Å². The average Bonchev–Trinajstić information content (AvgIpc) is 2.36. The summed E-state index contributed by atoms with van der Waals surface area (Å²) in [5, 5.41) is 8.79. The minimum absolute atomic E-state index is 0.00640. The monoisotopic (exact) mass is 345 g/mol. The summed E-state index contributed by atoms with van der Waals surface area (Å²) in [5.41, 5.74) is 7.00. The van der Waals surface area contributed by atoms with Crippen LogP contribution in [-0.4, -0.2) is 25.3 Å². The summed E-state index contributed by atoms with van der Waals surface area (Å²) >= 11 is 3.43. The predicted molar refractivity (Wildman–Crippen MR) is 80.2 cm³/mol. The molecule has 2 unspecified atom stereocenters. The second-order valence-electron chi connectivity index (χ2n) is 4.75. The molecule has 0 spiro atoms. The van der Waals surface area contributed by atoms with Gasteiger partial charge in [-0.15, -0.1) is 0 Å². The van der Waals surface area contributed by atoms with Gasteiger partial charge in [0.15, 0.2) is 0 Å². The zero-order chi connectivity index (χ0) is 15.3. The lowest BCUT2D eigenvalue weighted by Gasteiger charge is -2.20. The van der Waals surface area contributed by atoms with Gasteiger partial charge >= 0.3 is 5.97 Å². The Morgan fingerprint density at radius 2 is 2.05 bits per heavy atom. The first-order valence-electron chi connectivity index (χ1n) is 6.28. The van der Waals surface area contributed by atoms with E-state index in [0.29, 0.717) is 22.4 Å². The summed E-state index contributed by atoms with van der Waals surface area (Å²) in [6, 6.07) is 3.37. The van der Waals surface area contributed by atoms with Gasteiger partial charge in [0.05, 0.1) is 14.2 Å². The van der Waals surface area contributed by atoms with Crippen LogP contribution in [0.4, 0.5) is 0 Å². The molecule has 0 heterocycles. The number of ether oxygens (including phenoxy) is 2. The van der Waals surface area contributed by atoms with Crippen LogP contribution in [0.2, 0.25) is 0 Å². The van der Waals surface area contributed by atoms with Crippen LogP contribution in [0.3, 0.4) is 0 Å². The summed E-state index contributed by atoms with van der Waals surface area (Å²) in [7, 11) is 3.14. The minimum atomic E-state index is -0.812. The maximum absolute atomic E-state index is 10.7. The van der Waals surface area contributed by atoms with Crippen molar-refractivity contribution in [2.75, 3.05) is 14.2 Å². The van der Waals surface area contributed by atoms with E-state index in [1.165, 1.54) is 0 Å². The van der Waals surface area contributed by atoms with Crippen LogP contribution in [0.5, 0.6) is 11.5 Å². The highest BCUT2D eigenvalue weighted by atomic mass is 79.9. The number of hydrogen-bond donors (Lipinski definition) is 2. The van der Waals surface area contributed by atoms with Crippen molar-refractivity contribution >= 4 is 21.9 Å². The van der Waals surface area contributed by atoms with Crippen molar-refractivity contribution in [2.45, 2.75) is 25.8 Å². The van der Waals surface area contributed by atoms with E-state index in [2.05, 4.69) is 15.9 Å². The fourth-order valence-electron chi connectivity index (χ4n) is 2.15. The largest absolute Gasteiger partial charge is 0.495 e. The van der Waals surface area contributed by atoms with Crippen molar-refractivity contribution in [3.05, 3.63) is 22.2 Å². The number of carboxylic acids is 1. The van der Waals surface area contributed by atoms with Gasteiger partial charge in [-0.1, -0.05) is 6.92 Å². The van der Waals surface area contributed by atoms with Crippen molar-refractivity contribution in [3.8, 4) is 11.5 Å². The molecule has 0 radical (unpaired) electrons. The zero-order valence-corrected chi connectivity index (χ0v) is 13.4. The van der Waals surface area contributed by atoms with Crippen molar-refractivity contribution in [1.29, 1.82) is 0 Å².